The van der Waals surface area contributed by atoms with Crippen LogP contribution in [0.15, 0.2) is 41.3 Å². The summed E-state index contributed by atoms with van der Waals surface area (Å²) in [6.45, 7) is 2.09. The number of unbranched alkanes of at least 4 members (excludes halogenated alkanes) is 1. The van der Waals surface area contributed by atoms with E-state index in [9.17, 15) is 4.79 Å². The second-order valence-corrected chi connectivity index (χ2v) is 5.33. The van der Waals surface area contributed by atoms with Gasteiger partial charge in [0.2, 0.25) is 0 Å². The molecule has 1 saturated carbocycles. The van der Waals surface area contributed by atoms with Crippen molar-refractivity contribution >= 4 is 10.9 Å². The van der Waals surface area contributed by atoms with Crippen molar-refractivity contribution in [3.8, 4) is 0 Å². The van der Waals surface area contributed by atoms with Crippen molar-refractivity contribution in [1.82, 2.24) is 9.88 Å². The normalized spacial score (nSPS) is 14.9. The zero-order valence-electron chi connectivity index (χ0n) is 11.1. The fraction of sp³-hybridized carbons (Fsp3) is 0.438. The molecule has 1 aromatic carbocycles. The largest absolute Gasteiger partial charge is 0.347 e. The van der Waals surface area contributed by atoms with E-state index >= 15 is 0 Å². The molecule has 0 spiro atoms. The molecule has 0 unspecified atom stereocenters. The topological polar surface area (TPSA) is 34.0 Å². The van der Waals surface area contributed by atoms with E-state index in [-0.39, 0.29) is 5.43 Å². The Morgan fingerprint density at radius 2 is 2.00 bits per heavy atom. The van der Waals surface area contributed by atoms with Gasteiger partial charge in [0, 0.05) is 30.2 Å². The van der Waals surface area contributed by atoms with Crippen molar-refractivity contribution in [1.29, 1.82) is 0 Å². The lowest BCUT2D eigenvalue weighted by Crippen LogP contribution is -2.18. The van der Waals surface area contributed by atoms with Crippen LogP contribution >= 0.6 is 0 Å². The Bertz CT molecular complexity index is 613. The Hall–Kier alpha value is -1.61. The van der Waals surface area contributed by atoms with Gasteiger partial charge in [-0.3, -0.25) is 4.79 Å². The Morgan fingerprint density at radius 1 is 1.16 bits per heavy atom. The summed E-state index contributed by atoms with van der Waals surface area (Å²) in [5.41, 5.74) is 1.16. The first-order valence-electron chi connectivity index (χ1n) is 7.16. The van der Waals surface area contributed by atoms with Crippen LogP contribution in [0.5, 0.6) is 0 Å². The second-order valence-electron chi connectivity index (χ2n) is 5.33. The average molecular weight is 256 g/mol. The number of aryl methyl sites for hydroxylation is 1. The van der Waals surface area contributed by atoms with Crippen LogP contribution in [-0.2, 0) is 6.54 Å². The van der Waals surface area contributed by atoms with Crippen LogP contribution in [-0.4, -0.2) is 17.2 Å². The van der Waals surface area contributed by atoms with Crippen LogP contribution in [0.25, 0.3) is 10.9 Å². The van der Waals surface area contributed by atoms with Gasteiger partial charge in [0.25, 0.3) is 0 Å². The molecule has 3 rings (SSSR count). The summed E-state index contributed by atoms with van der Waals surface area (Å²) < 4.78 is 2.19. The van der Waals surface area contributed by atoms with E-state index in [4.69, 9.17) is 0 Å². The maximum atomic E-state index is 11.8. The fourth-order valence-corrected chi connectivity index (χ4v) is 2.46. The van der Waals surface area contributed by atoms with E-state index in [2.05, 4.69) is 9.88 Å². The Kier molecular flexibility index (Phi) is 3.65. The van der Waals surface area contributed by atoms with Gasteiger partial charge < -0.3 is 9.88 Å². The smallest absolute Gasteiger partial charge is 0.189 e. The molecule has 0 aliphatic heterocycles. The summed E-state index contributed by atoms with van der Waals surface area (Å²) in [5.74, 6) is 0. The number of fused-ring (bicyclic) bond motifs is 1. The van der Waals surface area contributed by atoms with Crippen molar-refractivity contribution in [3.05, 3.63) is 46.8 Å². The number of pyridine rings is 1. The van der Waals surface area contributed by atoms with Crippen molar-refractivity contribution in [2.75, 3.05) is 6.54 Å². The molecule has 1 heterocycles. The summed E-state index contributed by atoms with van der Waals surface area (Å²) in [5, 5.41) is 4.35. The third kappa shape index (κ3) is 3.04. The van der Waals surface area contributed by atoms with Gasteiger partial charge in [-0.15, -0.1) is 0 Å². The van der Waals surface area contributed by atoms with E-state index in [0.717, 1.165) is 36.5 Å². The van der Waals surface area contributed by atoms with Gasteiger partial charge in [-0.2, -0.15) is 0 Å². The first-order chi connectivity index (χ1) is 9.34. The van der Waals surface area contributed by atoms with Crippen LogP contribution in [0.4, 0.5) is 0 Å². The van der Waals surface area contributed by atoms with E-state index < -0.39 is 0 Å². The minimum Gasteiger partial charge on any atom is -0.347 e. The monoisotopic (exact) mass is 256 g/mol. The van der Waals surface area contributed by atoms with Crippen molar-refractivity contribution in [2.45, 2.75) is 38.3 Å². The molecule has 0 radical (unpaired) electrons. The highest BCUT2D eigenvalue weighted by atomic mass is 16.1. The molecule has 19 heavy (non-hydrogen) atoms. The highest BCUT2D eigenvalue weighted by molar-refractivity contribution is 5.78. The Morgan fingerprint density at radius 3 is 2.84 bits per heavy atom. The number of nitrogens with zero attached hydrogens (tertiary/aromatic N) is 1. The molecular formula is C16H20N2O. The van der Waals surface area contributed by atoms with E-state index in [1.54, 1.807) is 6.07 Å². The lowest BCUT2D eigenvalue weighted by Gasteiger charge is -2.10. The number of benzene rings is 1. The number of hydrogen-bond acceptors (Lipinski definition) is 2. The van der Waals surface area contributed by atoms with Crippen LogP contribution in [0.2, 0.25) is 0 Å². The van der Waals surface area contributed by atoms with E-state index in [1.165, 1.54) is 19.3 Å². The number of aromatic nitrogens is 1. The van der Waals surface area contributed by atoms with Gasteiger partial charge in [-0.1, -0.05) is 12.1 Å². The van der Waals surface area contributed by atoms with Gasteiger partial charge in [0.15, 0.2) is 5.43 Å². The standard InChI is InChI=1S/C16H20N2O/c19-16-9-12-18(15-6-2-1-5-14(15)16)11-4-3-10-17-13-7-8-13/h1-2,5-6,9,12-13,17H,3-4,7-8,10-11H2. The van der Waals surface area contributed by atoms with Crippen molar-refractivity contribution < 1.29 is 0 Å². The lowest BCUT2D eigenvalue weighted by atomic mass is 10.2. The third-order valence-corrected chi connectivity index (χ3v) is 3.72. The molecule has 3 heteroatoms. The molecule has 0 bridgehead atoms. The number of rotatable bonds is 6. The van der Waals surface area contributed by atoms with Crippen LogP contribution < -0.4 is 10.7 Å². The zero-order chi connectivity index (χ0) is 13.1. The molecule has 0 amide bonds. The maximum absolute atomic E-state index is 11.8. The lowest BCUT2D eigenvalue weighted by molar-refractivity contribution is 0.573. The number of hydrogen-bond donors (Lipinski definition) is 1. The molecule has 2 aromatic rings. The summed E-state index contributed by atoms with van der Waals surface area (Å²) >= 11 is 0. The molecule has 1 N–H and O–H groups in total. The Balaban J connectivity index is 1.63. The van der Waals surface area contributed by atoms with Gasteiger partial charge in [0.05, 0.1) is 5.52 Å². The predicted molar refractivity (Wildman–Crippen MR) is 78.5 cm³/mol. The van der Waals surface area contributed by atoms with Crippen LogP contribution in [0, 0.1) is 0 Å². The first kappa shape index (κ1) is 12.4. The minimum atomic E-state index is 0.113. The van der Waals surface area contributed by atoms with Gasteiger partial charge in [-0.05, 0) is 44.4 Å². The van der Waals surface area contributed by atoms with Crippen molar-refractivity contribution in [3.63, 3.8) is 0 Å². The predicted octanol–water partition coefficient (Wildman–Crippen LogP) is 2.53. The molecule has 100 valence electrons. The van der Waals surface area contributed by atoms with E-state index in [1.807, 2.05) is 30.5 Å². The molecule has 3 nitrogen and oxygen atoms in total. The second kappa shape index (κ2) is 5.57. The van der Waals surface area contributed by atoms with Gasteiger partial charge in [0.1, 0.15) is 0 Å². The molecule has 0 atom stereocenters. The quantitative estimate of drug-likeness (QED) is 0.806. The molecule has 1 fully saturated rings. The molecule has 1 aliphatic carbocycles. The zero-order valence-corrected chi connectivity index (χ0v) is 11.1. The summed E-state index contributed by atoms with van der Waals surface area (Å²) in [4.78, 5) is 11.8. The molecule has 0 saturated heterocycles. The van der Waals surface area contributed by atoms with Crippen LogP contribution in [0.3, 0.4) is 0 Å². The molecule has 1 aliphatic rings. The number of nitrogens with one attached hydrogen (secondary N) is 1. The minimum absolute atomic E-state index is 0.113. The SMILES string of the molecule is O=c1ccn(CCCCNC2CC2)c2ccccc12. The average Bonchev–Trinajstić information content (AvgIpc) is 3.25. The highest BCUT2D eigenvalue weighted by Crippen LogP contribution is 2.18. The highest BCUT2D eigenvalue weighted by Gasteiger charge is 2.19. The van der Waals surface area contributed by atoms with Crippen molar-refractivity contribution in [2.24, 2.45) is 0 Å². The molecule has 1 aromatic heterocycles. The van der Waals surface area contributed by atoms with Gasteiger partial charge in [-0.25, -0.2) is 0 Å². The molecular weight excluding hydrogens is 236 g/mol. The fourth-order valence-electron chi connectivity index (χ4n) is 2.46. The first-order valence-corrected chi connectivity index (χ1v) is 7.16. The summed E-state index contributed by atoms with van der Waals surface area (Å²) in [7, 11) is 0. The Labute approximate surface area is 113 Å². The third-order valence-electron chi connectivity index (χ3n) is 3.72. The van der Waals surface area contributed by atoms with E-state index in [0.29, 0.717) is 0 Å². The van der Waals surface area contributed by atoms with Gasteiger partial charge >= 0.3 is 0 Å². The number of para-hydroxylation sites is 1. The maximum Gasteiger partial charge on any atom is 0.189 e. The van der Waals surface area contributed by atoms with Crippen LogP contribution in [0.1, 0.15) is 25.7 Å². The summed E-state index contributed by atoms with van der Waals surface area (Å²) in [6, 6.07) is 10.3. The summed E-state index contributed by atoms with van der Waals surface area (Å²) in [6.07, 6.45) is 6.96.